The first-order valence-corrected chi connectivity index (χ1v) is 9.97. The minimum Gasteiger partial charge on any atom is -0.313 e. The zero-order valence-corrected chi connectivity index (χ0v) is 15.3. The molecule has 2 aromatic rings. The van der Waals surface area contributed by atoms with Crippen molar-refractivity contribution in [2.24, 2.45) is 5.92 Å². The Balaban J connectivity index is 1.47. The van der Waals surface area contributed by atoms with Crippen LogP contribution in [0.5, 0.6) is 0 Å². The summed E-state index contributed by atoms with van der Waals surface area (Å²) in [5, 5.41) is 14.2. The van der Waals surface area contributed by atoms with Crippen LogP contribution >= 0.6 is 11.3 Å². The lowest BCUT2D eigenvalue weighted by Crippen LogP contribution is -2.19. The fourth-order valence-electron chi connectivity index (χ4n) is 3.49. The maximum atomic E-state index is 11.4. The van der Waals surface area contributed by atoms with Crippen LogP contribution in [0, 0.1) is 5.92 Å². The standard InChI is InChI=1S/C20H26N2O2S/c23-20(22-24)19-12-18(14-25-19)17-8-6-16(7-9-17)13-21-11-10-15-4-2-1-3-5-15/h6-9,12,14-15,21,24H,1-5,10-11,13H2,(H,22,23). The molecule has 0 spiro atoms. The van der Waals surface area contributed by atoms with Gasteiger partial charge in [0.2, 0.25) is 0 Å². The first-order valence-electron chi connectivity index (χ1n) is 9.09. The molecular formula is C20H26N2O2S. The Kier molecular flexibility index (Phi) is 6.62. The predicted molar refractivity (Wildman–Crippen MR) is 102 cm³/mol. The molecule has 1 aliphatic carbocycles. The van der Waals surface area contributed by atoms with Crippen LogP contribution in [-0.2, 0) is 6.54 Å². The van der Waals surface area contributed by atoms with Gasteiger partial charge in [0.1, 0.15) is 0 Å². The monoisotopic (exact) mass is 358 g/mol. The summed E-state index contributed by atoms with van der Waals surface area (Å²) in [7, 11) is 0. The number of benzene rings is 1. The van der Waals surface area contributed by atoms with Crippen LogP contribution < -0.4 is 10.8 Å². The van der Waals surface area contributed by atoms with Gasteiger partial charge >= 0.3 is 0 Å². The largest absolute Gasteiger partial charge is 0.313 e. The van der Waals surface area contributed by atoms with Gasteiger partial charge in [-0.25, -0.2) is 5.48 Å². The second-order valence-electron chi connectivity index (χ2n) is 6.81. The van der Waals surface area contributed by atoms with Crippen LogP contribution in [0.15, 0.2) is 35.7 Å². The summed E-state index contributed by atoms with van der Waals surface area (Å²) >= 11 is 1.33. The highest BCUT2D eigenvalue weighted by Gasteiger charge is 2.12. The van der Waals surface area contributed by atoms with Crippen molar-refractivity contribution in [3.05, 3.63) is 46.2 Å². The molecule has 25 heavy (non-hydrogen) atoms. The molecule has 5 heteroatoms. The van der Waals surface area contributed by atoms with Crippen LogP contribution in [0.25, 0.3) is 11.1 Å². The lowest BCUT2D eigenvalue weighted by atomic mass is 9.87. The molecule has 0 bridgehead atoms. The molecule has 0 saturated heterocycles. The summed E-state index contributed by atoms with van der Waals surface area (Å²) in [6.45, 7) is 1.99. The van der Waals surface area contributed by atoms with E-state index in [9.17, 15) is 4.79 Å². The number of hydroxylamine groups is 1. The van der Waals surface area contributed by atoms with Crippen LogP contribution in [0.2, 0.25) is 0 Å². The highest BCUT2D eigenvalue weighted by molar-refractivity contribution is 7.12. The number of nitrogens with one attached hydrogen (secondary N) is 2. The number of carbonyl (C=O) groups excluding carboxylic acids is 1. The topological polar surface area (TPSA) is 61.4 Å². The molecule has 1 aromatic carbocycles. The van der Waals surface area contributed by atoms with E-state index >= 15 is 0 Å². The van der Waals surface area contributed by atoms with E-state index < -0.39 is 5.91 Å². The molecule has 3 N–H and O–H groups in total. The second kappa shape index (κ2) is 9.13. The Bertz CT molecular complexity index is 675. The van der Waals surface area contributed by atoms with Crippen LogP contribution in [0.4, 0.5) is 0 Å². The van der Waals surface area contributed by atoms with E-state index in [1.807, 2.05) is 5.38 Å². The number of amides is 1. The van der Waals surface area contributed by atoms with E-state index in [2.05, 4.69) is 29.6 Å². The maximum absolute atomic E-state index is 11.4. The van der Waals surface area contributed by atoms with Crippen LogP contribution in [0.1, 0.15) is 53.8 Å². The van der Waals surface area contributed by atoms with Crippen molar-refractivity contribution in [2.45, 2.75) is 45.1 Å². The van der Waals surface area contributed by atoms with Crippen molar-refractivity contribution in [1.29, 1.82) is 0 Å². The Labute approximate surface area is 153 Å². The van der Waals surface area contributed by atoms with Gasteiger partial charge in [-0.15, -0.1) is 11.3 Å². The average Bonchev–Trinajstić information content (AvgIpc) is 3.16. The molecule has 0 atom stereocenters. The van der Waals surface area contributed by atoms with E-state index in [0.29, 0.717) is 4.88 Å². The summed E-state index contributed by atoms with van der Waals surface area (Å²) in [6, 6.07) is 10.2. The van der Waals surface area contributed by atoms with Crippen molar-refractivity contribution in [1.82, 2.24) is 10.8 Å². The highest BCUT2D eigenvalue weighted by atomic mass is 32.1. The fourth-order valence-corrected chi connectivity index (χ4v) is 4.30. The number of hydrogen-bond acceptors (Lipinski definition) is 4. The third-order valence-corrected chi connectivity index (χ3v) is 5.92. The molecule has 3 rings (SSSR count). The van der Waals surface area contributed by atoms with Gasteiger partial charge in [-0.05, 0) is 47.0 Å². The van der Waals surface area contributed by atoms with Gasteiger partial charge in [0.15, 0.2) is 0 Å². The number of thiophene rings is 1. The quantitative estimate of drug-likeness (QED) is 0.385. The van der Waals surface area contributed by atoms with E-state index in [-0.39, 0.29) is 0 Å². The van der Waals surface area contributed by atoms with Crippen molar-refractivity contribution in [2.75, 3.05) is 6.54 Å². The van der Waals surface area contributed by atoms with Gasteiger partial charge in [-0.3, -0.25) is 10.0 Å². The summed E-state index contributed by atoms with van der Waals surface area (Å²) in [4.78, 5) is 11.9. The Morgan fingerprint density at radius 1 is 1.12 bits per heavy atom. The van der Waals surface area contributed by atoms with Gasteiger partial charge in [-0.1, -0.05) is 56.4 Å². The second-order valence-corrected chi connectivity index (χ2v) is 7.72. The molecule has 1 heterocycles. The van der Waals surface area contributed by atoms with Crippen LogP contribution in [0.3, 0.4) is 0 Å². The van der Waals surface area contributed by atoms with E-state index in [1.165, 1.54) is 55.4 Å². The highest BCUT2D eigenvalue weighted by Crippen LogP contribution is 2.27. The van der Waals surface area contributed by atoms with Crippen molar-refractivity contribution in [3.8, 4) is 11.1 Å². The smallest absolute Gasteiger partial charge is 0.284 e. The summed E-state index contributed by atoms with van der Waals surface area (Å²) in [6.07, 6.45) is 8.36. The van der Waals surface area contributed by atoms with Crippen LogP contribution in [-0.4, -0.2) is 17.7 Å². The van der Waals surface area contributed by atoms with Gasteiger partial charge in [0.25, 0.3) is 5.91 Å². The molecule has 1 amide bonds. The van der Waals surface area contributed by atoms with Gasteiger partial charge in [0, 0.05) is 6.54 Å². The molecule has 1 fully saturated rings. The third-order valence-electron chi connectivity index (χ3n) is 5.00. The van der Waals surface area contributed by atoms with E-state index in [1.54, 1.807) is 11.5 Å². The Morgan fingerprint density at radius 2 is 1.88 bits per heavy atom. The molecule has 1 aliphatic rings. The molecule has 134 valence electrons. The minimum atomic E-state index is -0.463. The minimum absolute atomic E-state index is 0.463. The fraction of sp³-hybridized carbons (Fsp3) is 0.450. The van der Waals surface area contributed by atoms with Crippen molar-refractivity contribution >= 4 is 17.2 Å². The van der Waals surface area contributed by atoms with Gasteiger partial charge in [-0.2, -0.15) is 0 Å². The van der Waals surface area contributed by atoms with Crippen molar-refractivity contribution in [3.63, 3.8) is 0 Å². The molecule has 4 nitrogen and oxygen atoms in total. The first-order chi connectivity index (χ1) is 12.3. The van der Waals surface area contributed by atoms with E-state index in [0.717, 1.165) is 30.1 Å². The summed E-state index contributed by atoms with van der Waals surface area (Å²) < 4.78 is 0. The molecular weight excluding hydrogens is 332 g/mol. The Hall–Kier alpha value is -1.69. The molecule has 0 unspecified atom stereocenters. The lowest BCUT2D eigenvalue weighted by molar-refractivity contribution is 0.0711. The van der Waals surface area contributed by atoms with Gasteiger partial charge < -0.3 is 5.32 Å². The molecule has 0 aliphatic heterocycles. The normalized spacial score (nSPS) is 15.2. The molecule has 1 saturated carbocycles. The first kappa shape index (κ1) is 18.1. The zero-order valence-electron chi connectivity index (χ0n) is 14.5. The van der Waals surface area contributed by atoms with Crippen molar-refractivity contribution < 1.29 is 10.0 Å². The molecule has 1 aromatic heterocycles. The molecule has 0 radical (unpaired) electrons. The third kappa shape index (κ3) is 5.14. The number of hydrogen-bond donors (Lipinski definition) is 3. The average molecular weight is 359 g/mol. The summed E-state index contributed by atoms with van der Waals surface area (Å²) in [5.74, 6) is 0.461. The summed E-state index contributed by atoms with van der Waals surface area (Å²) in [5.41, 5.74) is 5.03. The Morgan fingerprint density at radius 3 is 2.60 bits per heavy atom. The number of carbonyl (C=O) groups is 1. The maximum Gasteiger partial charge on any atom is 0.284 e. The van der Waals surface area contributed by atoms with Gasteiger partial charge in [0.05, 0.1) is 4.88 Å². The zero-order chi connectivity index (χ0) is 17.5. The number of rotatable bonds is 7. The van der Waals surface area contributed by atoms with E-state index in [4.69, 9.17) is 5.21 Å². The lowest BCUT2D eigenvalue weighted by Gasteiger charge is -2.21. The predicted octanol–water partition coefficient (Wildman–Crippen LogP) is 4.59. The SMILES string of the molecule is O=C(NO)c1cc(-c2ccc(CNCCC3CCCCC3)cc2)cs1.